The Kier molecular flexibility index (Phi) is 8.47. The van der Waals surface area contributed by atoms with Crippen molar-refractivity contribution in [3.8, 4) is 0 Å². The lowest BCUT2D eigenvalue weighted by Crippen LogP contribution is -2.34. The van der Waals surface area contributed by atoms with Gasteiger partial charge in [0.15, 0.2) is 9.84 Å². The molecule has 0 aromatic heterocycles. The van der Waals surface area contributed by atoms with E-state index in [2.05, 4.69) is 0 Å². The Balaban J connectivity index is 1.59. The van der Waals surface area contributed by atoms with Crippen LogP contribution in [0.25, 0.3) is 0 Å². The molecular formula is C23H36F2O2S. The normalized spacial score (nSPS) is 21.0. The maximum Gasteiger partial charge on any atom is 0.155 e. The summed E-state index contributed by atoms with van der Waals surface area (Å²) in [6, 6.07) is 4.05. The van der Waals surface area contributed by atoms with Gasteiger partial charge in [-0.2, -0.15) is 0 Å². The fraction of sp³-hybridized carbons (Fsp3) is 0.739. The summed E-state index contributed by atoms with van der Waals surface area (Å²) in [5.74, 6) is 0.472. The monoisotopic (exact) mass is 414 g/mol. The van der Waals surface area contributed by atoms with Crippen molar-refractivity contribution in [1.29, 1.82) is 0 Å². The molecule has 2 nitrogen and oxygen atoms in total. The third-order valence-corrected chi connectivity index (χ3v) is 8.98. The van der Waals surface area contributed by atoms with Gasteiger partial charge in [-0.3, -0.25) is 0 Å². The largest absolute Gasteiger partial charge is 0.228 e. The summed E-state index contributed by atoms with van der Waals surface area (Å²) < 4.78 is 51.3. The molecule has 0 bridgehead atoms. The van der Waals surface area contributed by atoms with Crippen LogP contribution in [-0.4, -0.2) is 18.9 Å². The molecule has 2 rings (SSSR count). The van der Waals surface area contributed by atoms with E-state index in [0.717, 1.165) is 51.4 Å². The number of halogens is 2. The minimum Gasteiger partial charge on any atom is -0.228 e. The summed E-state index contributed by atoms with van der Waals surface area (Å²) in [6.07, 6.45) is 10.00. The molecule has 0 radical (unpaired) electrons. The fourth-order valence-electron chi connectivity index (χ4n) is 4.11. The molecule has 1 aliphatic rings. The number of rotatable bonds is 9. The molecule has 1 saturated carbocycles. The first-order chi connectivity index (χ1) is 13.1. The standard InChI is InChI=1S/C23H36F2O2S/c1-23(2,3)28(26,27)17-19-15-13-18(14-16-19)9-6-4-5-7-10-20-21(24)11-8-12-22(20)25/h8,11-12,18-19H,4-7,9-10,13-17H2,1-3H3. The molecule has 0 unspecified atom stereocenters. The van der Waals surface area contributed by atoms with Crippen LogP contribution in [0.1, 0.15) is 84.1 Å². The Hall–Kier alpha value is -0.970. The van der Waals surface area contributed by atoms with Crippen molar-refractivity contribution in [3.05, 3.63) is 35.4 Å². The Morgan fingerprint density at radius 1 is 0.893 bits per heavy atom. The molecule has 0 aliphatic heterocycles. The van der Waals surface area contributed by atoms with Crippen LogP contribution in [0, 0.1) is 23.5 Å². The lowest BCUT2D eigenvalue weighted by Gasteiger charge is -2.30. The Morgan fingerprint density at radius 3 is 2.00 bits per heavy atom. The Bertz CT molecular complexity index is 694. The number of benzene rings is 1. The molecular weight excluding hydrogens is 378 g/mol. The molecule has 1 aromatic carbocycles. The summed E-state index contributed by atoms with van der Waals surface area (Å²) >= 11 is 0. The van der Waals surface area contributed by atoms with Crippen molar-refractivity contribution in [2.45, 2.75) is 89.7 Å². The van der Waals surface area contributed by atoms with Crippen molar-refractivity contribution in [2.75, 3.05) is 5.75 Å². The van der Waals surface area contributed by atoms with Crippen molar-refractivity contribution in [3.63, 3.8) is 0 Å². The number of unbranched alkanes of at least 4 members (excludes halogenated alkanes) is 3. The highest BCUT2D eigenvalue weighted by Crippen LogP contribution is 2.34. The number of sulfone groups is 1. The second kappa shape index (κ2) is 10.2. The first-order valence-corrected chi connectivity index (χ1v) is 12.4. The summed E-state index contributed by atoms with van der Waals surface area (Å²) in [5.41, 5.74) is 0.214. The van der Waals surface area contributed by atoms with Crippen LogP contribution in [0.2, 0.25) is 0 Å². The molecule has 0 heterocycles. The van der Waals surface area contributed by atoms with Gasteiger partial charge < -0.3 is 0 Å². The van der Waals surface area contributed by atoms with E-state index in [1.54, 1.807) is 20.8 Å². The van der Waals surface area contributed by atoms with E-state index in [-0.39, 0.29) is 5.56 Å². The summed E-state index contributed by atoms with van der Waals surface area (Å²) in [5, 5.41) is 0. The molecule has 1 aliphatic carbocycles. The van der Waals surface area contributed by atoms with Gasteiger partial charge in [0.05, 0.1) is 10.5 Å². The summed E-state index contributed by atoms with van der Waals surface area (Å²) in [7, 11) is -3.02. The predicted octanol–water partition coefficient (Wildman–Crippen LogP) is 6.48. The zero-order chi connectivity index (χ0) is 20.8. The molecule has 0 spiro atoms. The van der Waals surface area contributed by atoms with Crippen LogP contribution in [-0.2, 0) is 16.3 Å². The van der Waals surface area contributed by atoms with Gasteiger partial charge in [0.25, 0.3) is 0 Å². The van der Waals surface area contributed by atoms with E-state index in [1.807, 2.05) is 0 Å². The topological polar surface area (TPSA) is 34.1 Å². The maximum absolute atomic E-state index is 13.6. The summed E-state index contributed by atoms with van der Waals surface area (Å²) in [4.78, 5) is 0. The molecule has 160 valence electrons. The SMILES string of the molecule is CC(C)(C)S(=O)(=O)CC1CCC(CCCCCCc2c(F)cccc2F)CC1. The molecule has 1 fully saturated rings. The number of hydrogen-bond donors (Lipinski definition) is 0. The molecule has 0 saturated heterocycles. The quantitative estimate of drug-likeness (QED) is 0.434. The van der Waals surface area contributed by atoms with Gasteiger partial charge in [-0.1, -0.05) is 44.6 Å². The van der Waals surface area contributed by atoms with E-state index in [9.17, 15) is 17.2 Å². The lowest BCUT2D eigenvalue weighted by atomic mass is 9.80. The van der Waals surface area contributed by atoms with Crippen molar-refractivity contribution >= 4 is 9.84 Å². The van der Waals surface area contributed by atoms with Gasteiger partial charge in [0, 0.05) is 5.56 Å². The second-order valence-electron chi connectivity index (χ2n) is 9.43. The van der Waals surface area contributed by atoms with Crippen LogP contribution in [0.5, 0.6) is 0 Å². The smallest absolute Gasteiger partial charge is 0.155 e. The van der Waals surface area contributed by atoms with Gasteiger partial charge >= 0.3 is 0 Å². The van der Waals surface area contributed by atoms with Gasteiger partial charge in [-0.15, -0.1) is 0 Å². The van der Waals surface area contributed by atoms with Gasteiger partial charge in [-0.25, -0.2) is 17.2 Å². The fourth-order valence-corrected chi connectivity index (χ4v) is 5.56. The van der Waals surface area contributed by atoms with Crippen LogP contribution >= 0.6 is 0 Å². The van der Waals surface area contributed by atoms with E-state index < -0.39 is 26.2 Å². The van der Waals surface area contributed by atoms with Gasteiger partial charge in [0.2, 0.25) is 0 Å². The van der Waals surface area contributed by atoms with Crippen molar-refractivity contribution < 1.29 is 17.2 Å². The second-order valence-corrected chi connectivity index (χ2v) is 12.2. The van der Waals surface area contributed by atoms with Crippen LogP contribution in [0.15, 0.2) is 18.2 Å². The zero-order valence-corrected chi connectivity index (χ0v) is 18.5. The Labute approximate surface area is 170 Å². The van der Waals surface area contributed by atoms with Crippen LogP contribution < -0.4 is 0 Å². The van der Waals surface area contributed by atoms with E-state index in [4.69, 9.17) is 0 Å². The molecule has 0 N–H and O–H groups in total. The van der Waals surface area contributed by atoms with Crippen molar-refractivity contribution in [2.24, 2.45) is 11.8 Å². The minimum atomic E-state index is -3.02. The van der Waals surface area contributed by atoms with E-state index in [1.165, 1.54) is 24.6 Å². The first-order valence-electron chi connectivity index (χ1n) is 10.8. The van der Waals surface area contributed by atoms with E-state index >= 15 is 0 Å². The highest BCUT2D eigenvalue weighted by molar-refractivity contribution is 7.92. The molecule has 28 heavy (non-hydrogen) atoms. The highest BCUT2D eigenvalue weighted by atomic mass is 32.2. The van der Waals surface area contributed by atoms with Gasteiger partial charge in [0.1, 0.15) is 11.6 Å². The zero-order valence-electron chi connectivity index (χ0n) is 17.6. The Morgan fingerprint density at radius 2 is 1.43 bits per heavy atom. The van der Waals surface area contributed by atoms with Gasteiger partial charge in [-0.05, 0) is 70.4 Å². The number of hydrogen-bond acceptors (Lipinski definition) is 2. The lowest BCUT2D eigenvalue weighted by molar-refractivity contribution is 0.272. The highest BCUT2D eigenvalue weighted by Gasteiger charge is 2.33. The molecule has 1 aromatic rings. The molecule has 5 heteroatoms. The maximum atomic E-state index is 13.6. The predicted molar refractivity (Wildman–Crippen MR) is 112 cm³/mol. The third kappa shape index (κ3) is 6.82. The third-order valence-electron chi connectivity index (χ3n) is 6.21. The first kappa shape index (κ1) is 23.3. The van der Waals surface area contributed by atoms with Crippen LogP contribution in [0.4, 0.5) is 8.78 Å². The van der Waals surface area contributed by atoms with Crippen LogP contribution in [0.3, 0.4) is 0 Å². The minimum absolute atomic E-state index is 0.214. The molecule has 0 amide bonds. The van der Waals surface area contributed by atoms with Crippen molar-refractivity contribution in [1.82, 2.24) is 0 Å². The average Bonchev–Trinajstić information content (AvgIpc) is 2.60. The van der Waals surface area contributed by atoms with E-state index in [0.29, 0.717) is 24.0 Å². The molecule has 0 atom stereocenters. The average molecular weight is 415 g/mol. The summed E-state index contributed by atoms with van der Waals surface area (Å²) in [6.45, 7) is 5.36.